The van der Waals surface area contributed by atoms with Crippen LogP contribution in [0.5, 0.6) is 0 Å². The van der Waals surface area contributed by atoms with Crippen molar-refractivity contribution < 1.29 is 13.2 Å². The number of sulfonamides is 1. The van der Waals surface area contributed by atoms with Crippen molar-refractivity contribution in [3.8, 4) is 0 Å². The number of rotatable bonds is 7. The molecule has 0 fully saturated rings. The average Bonchev–Trinajstić information content (AvgIpc) is 2.59. The van der Waals surface area contributed by atoms with Crippen LogP contribution in [0.3, 0.4) is 0 Å². The van der Waals surface area contributed by atoms with Crippen LogP contribution >= 0.6 is 0 Å². The second kappa shape index (κ2) is 8.22. The minimum atomic E-state index is -3.73. The summed E-state index contributed by atoms with van der Waals surface area (Å²) in [6.07, 6.45) is 1.60. The van der Waals surface area contributed by atoms with Crippen molar-refractivity contribution in [2.24, 2.45) is 5.92 Å². The van der Waals surface area contributed by atoms with Crippen molar-refractivity contribution in [2.45, 2.75) is 32.2 Å². The van der Waals surface area contributed by atoms with Crippen LogP contribution in [0.1, 0.15) is 35.5 Å². The van der Waals surface area contributed by atoms with Crippen molar-refractivity contribution in [1.29, 1.82) is 0 Å². The molecule has 0 saturated carbocycles. The highest BCUT2D eigenvalue weighted by Crippen LogP contribution is 2.16. The summed E-state index contributed by atoms with van der Waals surface area (Å²) in [5.74, 6) is 0.0455. The Labute approximate surface area is 148 Å². The smallest absolute Gasteiger partial charge is 0.251 e. The highest BCUT2D eigenvalue weighted by Gasteiger charge is 2.18. The molecule has 0 unspecified atom stereocenters. The quantitative estimate of drug-likeness (QED) is 0.792. The van der Waals surface area contributed by atoms with Gasteiger partial charge in [0.1, 0.15) is 0 Å². The van der Waals surface area contributed by atoms with E-state index < -0.39 is 10.0 Å². The zero-order chi connectivity index (χ0) is 18.4. The van der Waals surface area contributed by atoms with Gasteiger partial charge in [-0.05, 0) is 42.7 Å². The number of nitrogens with zero attached hydrogens (tertiary/aromatic N) is 1. The number of carbonyl (C=O) groups excluding carboxylic acids is 1. The van der Waals surface area contributed by atoms with Crippen molar-refractivity contribution in [2.75, 3.05) is 6.54 Å². The van der Waals surface area contributed by atoms with Crippen molar-refractivity contribution in [3.05, 3.63) is 59.4 Å². The summed E-state index contributed by atoms with van der Waals surface area (Å²) in [6.45, 7) is 6.40. The number of aryl methyl sites for hydroxylation is 1. The van der Waals surface area contributed by atoms with Crippen LogP contribution in [0, 0.1) is 12.8 Å². The number of carbonyl (C=O) groups is 1. The first-order valence-corrected chi connectivity index (χ1v) is 9.56. The summed E-state index contributed by atoms with van der Waals surface area (Å²) in [5, 5.41) is 2.81. The van der Waals surface area contributed by atoms with Gasteiger partial charge in [-0.3, -0.25) is 9.78 Å². The number of aromatic nitrogens is 1. The summed E-state index contributed by atoms with van der Waals surface area (Å²) in [7, 11) is -3.73. The molecule has 1 amide bonds. The van der Waals surface area contributed by atoms with Crippen LogP contribution in [0.25, 0.3) is 0 Å². The summed E-state index contributed by atoms with van der Waals surface area (Å²) < 4.78 is 27.5. The molecule has 1 heterocycles. The molecule has 6 nitrogen and oxygen atoms in total. The monoisotopic (exact) mass is 361 g/mol. The summed E-state index contributed by atoms with van der Waals surface area (Å²) in [4.78, 5) is 16.4. The fourth-order valence-electron chi connectivity index (χ4n) is 2.16. The van der Waals surface area contributed by atoms with E-state index in [1.165, 1.54) is 12.1 Å². The Morgan fingerprint density at radius 1 is 1.20 bits per heavy atom. The van der Waals surface area contributed by atoms with Gasteiger partial charge >= 0.3 is 0 Å². The molecule has 0 spiro atoms. The molecule has 0 saturated heterocycles. The van der Waals surface area contributed by atoms with Crippen LogP contribution in [-0.4, -0.2) is 25.9 Å². The predicted octanol–water partition coefficient (Wildman–Crippen LogP) is 2.25. The molecule has 134 valence electrons. The van der Waals surface area contributed by atoms with Crippen LogP contribution in [0.2, 0.25) is 0 Å². The van der Waals surface area contributed by atoms with Gasteiger partial charge in [-0.15, -0.1) is 0 Å². The molecule has 1 aromatic heterocycles. The molecule has 0 aliphatic rings. The molecule has 25 heavy (non-hydrogen) atoms. The normalized spacial score (nSPS) is 11.5. The molecule has 2 rings (SSSR count). The van der Waals surface area contributed by atoms with Crippen LogP contribution in [0.4, 0.5) is 0 Å². The van der Waals surface area contributed by atoms with E-state index >= 15 is 0 Å². The molecular formula is C18H23N3O3S. The minimum absolute atomic E-state index is 0.0590. The number of nitrogens with one attached hydrogen (secondary N) is 2. The highest BCUT2D eigenvalue weighted by atomic mass is 32.2. The lowest BCUT2D eigenvalue weighted by molar-refractivity contribution is 0.0948. The lowest BCUT2D eigenvalue weighted by Crippen LogP contribution is -2.29. The third kappa shape index (κ3) is 5.37. The Morgan fingerprint density at radius 2 is 1.96 bits per heavy atom. The fourth-order valence-corrected chi connectivity index (χ4v) is 3.18. The number of hydrogen-bond donors (Lipinski definition) is 2. The molecule has 7 heteroatoms. The topological polar surface area (TPSA) is 88.2 Å². The summed E-state index contributed by atoms with van der Waals surface area (Å²) in [5.41, 5.74) is 1.71. The van der Waals surface area contributed by atoms with E-state index in [1.807, 2.05) is 13.8 Å². The van der Waals surface area contributed by atoms with E-state index in [9.17, 15) is 13.2 Å². The first-order chi connectivity index (χ1) is 11.8. The van der Waals surface area contributed by atoms with E-state index in [4.69, 9.17) is 0 Å². The van der Waals surface area contributed by atoms with Gasteiger partial charge in [-0.1, -0.05) is 26.0 Å². The van der Waals surface area contributed by atoms with Gasteiger partial charge in [0, 0.05) is 18.3 Å². The third-order valence-electron chi connectivity index (χ3n) is 3.60. The number of hydrogen-bond acceptors (Lipinski definition) is 4. The zero-order valence-corrected chi connectivity index (χ0v) is 15.4. The average molecular weight is 361 g/mol. The molecule has 0 atom stereocenters. The Balaban J connectivity index is 2.18. The summed E-state index contributed by atoms with van der Waals surface area (Å²) >= 11 is 0. The molecule has 0 bridgehead atoms. The van der Waals surface area contributed by atoms with Crippen LogP contribution in [0.15, 0.2) is 47.5 Å². The maximum Gasteiger partial charge on any atom is 0.251 e. The first-order valence-electron chi connectivity index (χ1n) is 8.08. The molecule has 1 aromatic carbocycles. The molecule has 2 aromatic rings. The Morgan fingerprint density at radius 3 is 2.60 bits per heavy atom. The van der Waals surface area contributed by atoms with Gasteiger partial charge in [-0.2, -0.15) is 0 Å². The van der Waals surface area contributed by atoms with Crippen LogP contribution < -0.4 is 10.0 Å². The Hall–Kier alpha value is -2.25. The van der Waals surface area contributed by atoms with E-state index in [1.54, 1.807) is 37.4 Å². The van der Waals surface area contributed by atoms with Gasteiger partial charge in [0.15, 0.2) is 0 Å². The zero-order valence-electron chi connectivity index (χ0n) is 14.6. The number of pyridine rings is 1. The maximum atomic E-state index is 12.5. The first kappa shape index (κ1) is 19.1. The van der Waals surface area contributed by atoms with Crippen molar-refractivity contribution in [1.82, 2.24) is 15.0 Å². The van der Waals surface area contributed by atoms with Gasteiger partial charge in [0.05, 0.1) is 17.1 Å². The summed E-state index contributed by atoms with van der Waals surface area (Å²) in [6, 6.07) is 9.84. The van der Waals surface area contributed by atoms with Crippen LogP contribution in [-0.2, 0) is 16.6 Å². The highest BCUT2D eigenvalue weighted by molar-refractivity contribution is 7.89. The molecular weight excluding hydrogens is 338 g/mol. The molecule has 2 N–H and O–H groups in total. The lowest BCUT2D eigenvalue weighted by atomic mass is 10.1. The number of benzene rings is 1. The van der Waals surface area contributed by atoms with Gasteiger partial charge in [-0.25, -0.2) is 13.1 Å². The van der Waals surface area contributed by atoms with E-state index in [-0.39, 0.29) is 17.3 Å². The Bertz CT molecular complexity index is 834. The maximum absolute atomic E-state index is 12.5. The van der Waals surface area contributed by atoms with Gasteiger partial charge in [0.2, 0.25) is 10.0 Å². The SMILES string of the molecule is Cc1ccc(S(=O)(=O)NCc2ccccn2)cc1C(=O)NCC(C)C. The largest absolute Gasteiger partial charge is 0.352 e. The van der Waals surface area contributed by atoms with E-state index in [0.717, 1.165) is 5.56 Å². The van der Waals surface area contributed by atoms with E-state index in [0.29, 0.717) is 23.7 Å². The fraction of sp³-hybridized carbons (Fsp3) is 0.333. The van der Waals surface area contributed by atoms with Gasteiger partial charge < -0.3 is 5.32 Å². The van der Waals surface area contributed by atoms with E-state index in [2.05, 4.69) is 15.0 Å². The number of amides is 1. The minimum Gasteiger partial charge on any atom is -0.352 e. The second-order valence-electron chi connectivity index (χ2n) is 6.23. The molecule has 0 aliphatic heterocycles. The third-order valence-corrected chi connectivity index (χ3v) is 5.00. The molecule has 0 aliphatic carbocycles. The van der Waals surface area contributed by atoms with Gasteiger partial charge in [0.25, 0.3) is 5.91 Å². The van der Waals surface area contributed by atoms with Crippen molar-refractivity contribution in [3.63, 3.8) is 0 Å². The lowest BCUT2D eigenvalue weighted by Gasteiger charge is -2.12. The second-order valence-corrected chi connectivity index (χ2v) is 7.99. The molecule has 0 radical (unpaired) electrons. The standard InChI is InChI=1S/C18H23N3O3S/c1-13(2)11-20-18(22)17-10-16(8-7-14(17)3)25(23,24)21-12-15-6-4-5-9-19-15/h4-10,13,21H,11-12H2,1-3H3,(H,20,22). The predicted molar refractivity (Wildman–Crippen MR) is 96.6 cm³/mol. The Kier molecular flexibility index (Phi) is 6.27. The van der Waals surface area contributed by atoms with Crippen molar-refractivity contribution >= 4 is 15.9 Å².